The summed E-state index contributed by atoms with van der Waals surface area (Å²) >= 11 is 0. The first kappa shape index (κ1) is 11.7. The number of hydrogen-bond acceptors (Lipinski definition) is 1. The minimum absolute atomic E-state index is 0.926. The average molecular weight is 184 g/mol. The Morgan fingerprint density at radius 3 is 2.25 bits per heavy atom. The van der Waals surface area contributed by atoms with Gasteiger partial charge in [0.15, 0.2) is 9.04 Å². The lowest BCUT2D eigenvalue weighted by Gasteiger charge is -2.11. The van der Waals surface area contributed by atoms with Gasteiger partial charge >= 0.3 is 0 Å². The molecule has 0 radical (unpaired) electrons. The van der Waals surface area contributed by atoms with Crippen molar-refractivity contribution in [2.45, 2.75) is 31.9 Å². The molecule has 0 aliphatic rings. The molecule has 0 saturated heterocycles. The zero-order chi connectivity index (χ0) is 9.23. The van der Waals surface area contributed by atoms with Crippen molar-refractivity contribution in [2.75, 3.05) is 6.61 Å². The Morgan fingerprint density at radius 2 is 1.83 bits per heavy atom. The van der Waals surface area contributed by atoms with Crippen molar-refractivity contribution in [3.05, 3.63) is 25.3 Å². The van der Waals surface area contributed by atoms with E-state index in [4.69, 9.17) is 4.43 Å². The molecule has 0 N–H and O–H groups in total. The molecule has 0 aliphatic carbocycles. The van der Waals surface area contributed by atoms with Crippen LogP contribution in [0, 0.1) is 0 Å². The Bertz CT molecular complexity index is 113. The van der Waals surface area contributed by atoms with E-state index >= 15 is 0 Å². The van der Waals surface area contributed by atoms with Gasteiger partial charge in [0.05, 0.1) is 0 Å². The lowest BCUT2D eigenvalue weighted by atomic mass is 10.4. The smallest absolute Gasteiger partial charge is 0.184 e. The second-order valence-corrected chi connectivity index (χ2v) is 5.42. The first-order chi connectivity index (χ1) is 5.85. The Balaban J connectivity index is 3.47. The summed E-state index contributed by atoms with van der Waals surface area (Å²) in [6, 6.07) is 2.13. The molecule has 0 atom stereocenters. The standard InChI is InChI=1S/C10H20OSi/c1-4-7-8-11-12(9-5-2)10-6-3/h5-6,12H,2-4,7-10H2,1H3. The zero-order valence-electron chi connectivity index (χ0n) is 8.09. The molecule has 0 spiro atoms. The molecule has 0 fully saturated rings. The molecule has 0 rings (SSSR count). The molecular weight excluding hydrogens is 164 g/mol. The number of rotatable bonds is 8. The summed E-state index contributed by atoms with van der Waals surface area (Å²) in [5, 5.41) is 0. The molecule has 0 aromatic carbocycles. The van der Waals surface area contributed by atoms with Crippen LogP contribution in [0.15, 0.2) is 25.3 Å². The van der Waals surface area contributed by atoms with Crippen molar-refractivity contribution in [2.24, 2.45) is 0 Å². The van der Waals surface area contributed by atoms with Gasteiger partial charge in [-0.3, -0.25) is 0 Å². The van der Waals surface area contributed by atoms with Crippen molar-refractivity contribution in [1.29, 1.82) is 0 Å². The van der Waals surface area contributed by atoms with E-state index in [2.05, 4.69) is 20.1 Å². The van der Waals surface area contributed by atoms with Crippen molar-refractivity contribution < 1.29 is 4.43 Å². The number of hydrogen-bond donors (Lipinski definition) is 0. The highest BCUT2D eigenvalue weighted by molar-refractivity contribution is 6.52. The molecule has 1 nitrogen and oxygen atoms in total. The molecule has 0 bridgehead atoms. The van der Waals surface area contributed by atoms with E-state index in [1.54, 1.807) is 0 Å². The minimum atomic E-state index is -1.00. The van der Waals surface area contributed by atoms with Gasteiger partial charge in [0.1, 0.15) is 0 Å². The van der Waals surface area contributed by atoms with Crippen LogP contribution in [-0.2, 0) is 4.43 Å². The van der Waals surface area contributed by atoms with E-state index in [0.717, 1.165) is 18.7 Å². The van der Waals surface area contributed by atoms with Crippen molar-refractivity contribution >= 4 is 9.04 Å². The summed E-state index contributed by atoms with van der Waals surface area (Å²) in [4.78, 5) is 0. The van der Waals surface area contributed by atoms with Gasteiger partial charge in [-0.2, -0.15) is 0 Å². The highest BCUT2D eigenvalue weighted by atomic mass is 28.3. The van der Waals surface area contributed by atoms with E-state index in [0.29, 0.717) is 0 Å². The maximum Gasteiger partial charge on any atom is 0.184 e. The molecule has 0 saturated carbocycles. The van der Waals surface area contributed by atoms with Crippen LogP contribution in [0.25, 0.3) is 0 Å². The van der Waals surface area contributed by atoms with E-state index in [1.807, 2.05) is 12.2 Å². The predicted molar refractivity (Wildman–Crippen MR) is 58.0 cm³/mol. The largest absolute Gasteiger partial charge is 0.419 e. The van der Waals surface area contributed by atoms with Crippen LogP contribution < -0.4 is 0 Å². The topological polar surface area (TPSA) is 9.23 Å². The van der Waals surface area contributed by atoms with Crippen LogP contribution in [0.4, 0.5) is 0 Å². The summed E-state index contributed by atoms with van der Waals surface area (Å²) < 4.78 is 5.76. The summed E-state index contributed by atoms with van der Waals surface area (Å²) in [6.07, 6.45) is 6.32. The Kier molecular flexibility index (Phi) is 8.50. The highest BCUT2D eigenvalue weighted by Gasteiger charge is 2.06. The van der Waals surface area contributed by atoms with Gasteiger partial charge in [0.2, 0.25) is 0 Å². The third-order valence-electron chi connectivity index (χ3n) is 1.71. The summed E-state index contributed by atoms with van der Waals surface area (Å²) in [7, 11) is -1.00. The fourth-order valence-corrected chi connectivity index (χ4v) is 2.71. The average Bonchev–Trinajstić information content (AvgIpc) is 2.06. The first-order valence-corrected chi connectivity index (χ1v) is 6.79. The van der Waals surface area contributed by atoms with E-state index < -0.39 is 9.04 Å². The molecule has 12 heavy (non-hydrogen) atoms. The van der Waals surface area contributed by atoms with Gasteiger partial charge in [-0.1, -0.05) is 25.5 Å². The molecule has 0 unspecified atom stereocenters. The van der Waals surface area contributed by atoms with Crippen LogP contribution in [0.2, 0.25) is 12.1 Å². The molecular formula is C10H20OSi. The zero-order valence-corrected chi connectivity index (χ0v) is 9.24. The second kappa shape index (κ2) is 8.75. The van der Waals surface area contributed by atoms with Crippen LogP contribution in [0.1, 0.15) is 19.8 Å². The summed E-state index contributed by atoms with van der Waals surface area (Å²) in [5.74, 6) is 0. The van der Waals surface area contributed by atoms with Crippen LogP contribution in [-0.4, -0.2) is 15.6 Å². The van der Waals surface area contributed by atoms with Crippen LogP contribution in [0.3, 0.4) is 0 Å². The number of allylic oxidation sites excluding steroid dienone is 2. The Morgan fingerprint density at radius 1 is 1.25 bits per heavy atom. The van der Waals surface area contributed by atoms with Crippen LogP contribution >= 0.6 is 0 Å². The van der Waals surface area contributed by atoms with Crippen molar-refractivity contribution in [3.63, 3.8) is 0 Å². The van der Waals surface area contributed by atoms with E-state index in [1.165, 1.54) is 12.8 Å². The lowest BCUT2D eigenvalue weighted by molar-refractivity contribution is 0.313. The molecule has 70 valence electrons. The lowest BCUT2D eigenvalue weighted by Crippen LogP contribution is -2.16. The minimum Gasteiger partial charge on any atom is -0.419 e. The molecule has 0 aromatic heterocycles. The maximum absolute atomic E-state index is 5.76. The van der Waals surface area contributed by atoms with Gasteiger partial charge in [0, 0.05) is 6.61 Å². The third kappa shape index (κ3) is 6.37. The molecule has 0 amide bonds. The quantitative estimate of drug-likeness (QED) is 0.320. The third-order valence-corrected chi connectivity index (χ3v) is 4.14. The summed E-state index contributed by atoms with van der Waals surface area (Å²) in [6.45, 7) is 10.6. The Labute approximate surface area is 77.9 Å². The Hall–Kier alpha value is -0.343. The van der Waals surface area contributed by atoms with Crippen LogP contribution in [0.5, 0.6) is 0 Å². The summed E-state index contributed by atoms with van der Waals surface area (Å²) in [5.41, 5.74) is 0. The van der Waals surface area contributed by atoms with Gasteiger partial charge in [0.25, 0.3) is 0 Å². The van der Waals surface area contributed by atoms with Gasteiger partial charge in [-0.25, -0.2) is 0 Å². The normalized spacial score (nSPS) is 10.2. The first-order valence-electron chi connectivity index (χ1n) is 4.68. The highest BCUT2D eigenvalue weighted by Crippen LogP contribution is 2.04. The molecule has 0 aliphatic heterocycles. The maximum atomic E-state index is 5.76. The molecule has 2 heteroatoms. The van der Waals surface area contributed by atoms with Gasteiger partial charge < -0.3 is 4.43 Å². The van der Waals surface area contributed by atoms with E-state index in [9.17, 15) is 0 Å². The SMILES string of the molecule is C=CC[SiH](CC=C)OCCCC. The second-order valence-electron chi connectivity index (χ2n) is 2.90. The van der Waals surface area contributed by atoms with Gasteiger partial charge in [-0.05, 0) is 18.5 Å². The van der Waals surface area contributed by atoms with Crippen molar-refractivity contribution in [1.82, 2.24) is 0 Å². The molecule has 0 aromatic rings. The fourth-order valence-electron chi connectivity index (χ4n) is 0.998. The van der Waals surface area contributed by atoms with Crippen molar-refractivity contribution in [3.8, 4) is 0 Å². The molecule has 0 heterocycles. The van der Waals surface area contributed by atoms with Gasteiger partial charge in [-0.15, -0.1) is 13.2 Å². The van der Waals surface area contributed by atoms with E-state index in [-0.39, 0.29) is 0 Å². The predicted octanol–water partition coefficient (Wildman–Crippen LogP) is 2.90. The number of unbranched alkanes of at least 4 members (excludes halogenated alkanes) is 1. The monoisotopic (exact) mass is 184 g/mol. The fraction of sp³-hybridized carbons (Fsp3) is 0.600.